The van der Waals surface area contributed by atoms with Crippen molar-refractivity contribution in [3.05, 3.63) is 24.3 Å². The lowest BCUT2D eigenvalue weighted by atomic mass is 10.2. The summed E-state index contributed by atoms with van der Waals surface area (Å²) in [6, 6.07) is 0. The number of allylic oxidation sites excluding steroid dienone is 1. The molecule has 0 rings (SSSR count). The van der Waals surface area contributed by atoms with Gasteiger partial charge >= 0.3 is 0 Å². The predicted octanol–water partition coefficient (Wildman–Crippen LogP) is 0.613. The van der Waals surface area contributed by atoms with E-state index in [1.807, 2.05) is 6.92 Å². The quantitative estimate of drug-likeness (QED) is 0.485. The highest BCUT2D eigenvalue weighted by atomic mass is 16.3. The molecule has 0 aliphatic rings. The smallest absolute Gasteiger partial charge is 0.0773 e. The van der Waals surface area contributed by atoms with Gasteiger partial charge in [-0.25, -0.2) is 0 Å². The second kappa shape index (κ2) is 14.3. The molecule has 0 saturated heterocycles. The zero-order valence-corrected chi connectivity index (χ0v) is 9.97. The fourth-order valence-electron chi connectivity index (χ4n) is 0.836. The Hall–Kier alpha value is -0.680. The molecule has 0 fully saturated rings. The summed E-state index contributed by atoms with van der Waals surface area (Å²) in [5, 5.41) is 33.6. The third kappa shape index (κ3) is 15.8. The zero-order chi connectivity index (χ0) is 12.8. The van der Waals surface area contributed by atoms with Crippen LogP contribution in [0, 0.1) is 0 Å². The van der Waals surface area contributed by atoms with Gasteiger partial charge in [-0.3, -0.25) is 0 Å². The van der Waals surface area contributed by atoms with Crippen LogP contribution in [0.4, 0.5) is 0 Å². The summed E-state index contributed by atoms with van der Waals surface area (Å²) in [6.07, 6.45) is 4.89. The number of aliphatic hydroxyl groups is 4. The van der Waals surface area contributed by atoms with Gasteiger partial charge in [-0.05, 0) is 26.2 Å². The number of rotatable bonds is 7. The van der Waals surface area contributed by atoms with E-state index in [0.717, 1.165) is 12.0 Å². The molecule has 4 nitrogen and oxygen atoms in total. The van der Waals surface area contributed by atoms with Crippen LogP contribution in [-0.2, 0) is 0 Å². The van der Waals surface area contributed by atoms with E-state index in [-0.39, 0.29) is 19.8 Å². The lowest BCUT2D eigenvalue weighted by Crippen LogP contribution is -2.10. The van der Waals surface area contributed by atoms with Gasteiger partial charge in [0.25, 0.3) is 0 Å². The maximum atomic E-state index is 8.69. The predicted molar refractivity (Wildman–Crippen MR) is 65.1 cm³/mol. The Labute approximate surface area is 97.6 Å². The first-order chi connectivity index (χ1) is 7.62. The van der Waals surface area contributed by atoms with Crippen LogP contribution in [0.25, 0.3) is 0 Å². The summed E-state index contributed by atoms with van der Waals surface area (Å²) in [5.74, 6) is 0. The Morgan fingerprint density at radius 2 is 1.94 bits per heavy atom. The molecule has 0 heterocycles. The third-order valence-electron chi connectivity index (χ3n) is 1.86. The molecule has 0 saturated carbocycles. The minimum Gasteiger partial charge on any atom is -0.396 e. The maximum absolute atomic E-state index is 8.69. The van der Waals surface area contributed by atoms with Crippen LogP contribution < -0.4 is 0 Å². The summed E-state index contributed by atoms with van der Waals surface area (Å²) < 4.78 is 0. The molecule has 0 spiro atoms. The molecule has 4 N–H and O–H groups in total. The zero-order valence-electron chi connectivity index (χ0n) is 9.97. The van der Waals surface area contributed by atoms with Gasteiger partial charge in [-0.1, -0.05) is 17.7 Å². The van der Waals surface area contributed by atoms with Crippen LogP contribution in [0.5, 0.6) is 0 Å². The molecule has 0 aromatic heterocycles. The third-order valence-corrected chi connectivity index (χ3v) is 1.86. The van der Waals surface area contributed by atoms with E-state index in [1.54, 1.807) is 12.2 Å². The Morgan fingerprint density at radius 3 is 2.31 bits per heavy atom. The van der Waals surface area contributed by atoms with Gasteiger partial charge in [0.1, 0.15) is 0 Å². The van der Waals surface area contributed by atoms with Crippen molar-refractivity contribution in [1.29, 1.82) is 0 Å². The van der Waals surface area contributed by atoms with E-state index >= 15 is 0 Å². The highest BCUT2D eigenvalue weighted by molar-refractivity contribution is 4.97. The van der Waals surface area contributed by atoms with Crippen molar-refractivity contribution in [3.8, 4) is 0 Å². The minimum absolute atomic E-state index is 0.0752. The van der Waals surface area contributed by atoms with Crippen molar-refractivity contribution >= 4 is 0 Å². The van der Waals surface area contributed by atoms with Crippen molar-refractivity contribution < 1.29 is 20.4 Å². The normalized spacial score (nSPS) is 12.7. The summed E-state index contributed by atoms with van der Waals surface area (Å²) in [6.45, 7) is 5.45. The first-order valence-electron chi connectivity index (χ1n) is 5.39. The molecule has 16 heavy (non-hydrogen) atoms. The van der Waals surface area contributed by atoms with Gasteiger partial charge in [0, 0.05) is 6.61 Å². The first-order valence-corrected chi connectivity index (χ1v) is 5.39. The van der Waals surface area contributed by atoms with Crippen molar-refractivity contribution in [2.75, 3.05) is 19.8 Å². The highest BCUT2D eigenvalue weighted by Gasteiger charge is 1.96. The van der Waals surface area contributed by atoms with E-state index in [4.69, 9.17) is 20.4 Å². The summed E-state index contributed by atoms with van der Waals surface area (Å²) >= 11 is 0. The van der Waals surface area contributed by atoms with Gasteiger partial charge in [-0.2, -0.15) is 0 Å². The largest absolute Gasteiger partial charge is 0.396 e. The second-order valence-corrected chi connectivity index (χ2v) is 3.41. The molecule has 1 atom stereocenters. The Kier molecular flexibility index (Phi) is 15.8. The molecule has 0 aliphatic carbocycles. The van der Waals surface area contributed by atoms with Crippen LogP contribution in [-0.4, -0.2) is 46.4 Å². The molecule has 0 aromatic rings. The van der Waals surface area contributed by atoms with Crippen LogP contribution in [0.1, 0.15) is 26.2 Å². The molecule has 0 amide bonds. The fourth-order valence-corrected chi connectivity index (χ4v) is 0.836. The Morgan fingerprint density at radius 1 is 1.31 bits per heavy atom. The molecule has 1 unspecified atom stereocenters. The van der Waals surface area contributed by atoms with Crippen molar-refractivity contribution in [3.63, 3.8) is 0 Å². The van der Waals surface area contributed by atoms with Gasteiger partial charge in [0.2, 0.25) is 0 Å². The summed E-state index contributed by atoms with van der Waals surface area (Å²) in [7, 11) is 0. The summed E-state index contributed by atoms with van der Waals surface area (Å²) in [5.41, 5.74) is 1.04. The molecule has 0 radical (unpaired) electrons. The maximum Gasteiger partial charge on any atom is 0.0773 e. The van der Waals surface area contributed by atoms with E-state index in [9.17, 15) is 0 Å². The molecule has 0 bridgehead atoms. The van der Waals surface area contributed by atoms with Gasteiger partial charge in [-0.15, -0.1) is 6.58 Å². The van der Waals surface area contributed by atoms with Gasteiger partial charge in [0.15, 0.2) is 0 Å². The van der Waals surface area contributed by atoms with E-state index < -0.39 is 6.10 Å². The van der Waals surface area contributed by atoms with E-state index in [1.165, 1.54) is 0 Å². The number of aliphatic hydroxyl groups excluding tert-OH is 4. The lowest BCUT2D eigenvalue weighted by molar-refractivity contribution is 0.0891. The lowest BCUT2D eigenvalue weighted by Gasteiger charge is -2.01. The Bertz CT molecular complexity index is 178. The van der Waals surface area contributed by atoms with Gasteiger partial charge < -0.3 is 20.4 Å². The molecule has 0 aromatic carbocycles. The molecular weight excluding hydrogens is 208 g/mol. The molecule has 0 aliphatic heterocycles. The highest BCUT2D eigenvalue weighted by Crippen LogP contribution is 1.95. The van der Waals surface area contributed by atoms with E-state index in [0.29, 0.717) is 12.8 Å². The first kappa shape index (κ1) is 17.7. The summed E-state index contributed by atoms with van der Waals surface area (Å²) in [4.78, 5) is 0. The van der Waals surface area contributed by atoms with Crippen molar-refractivity contribution in [1.82, 2.24) is 0 Å². The molecular formula is C12H24O4. The van der Waals surface area contributed by atoms with Crippen molar-refractivity contribution in [2.24, 2.45) is 0 Å². The van der Waals surface area contributed by atoms with Crippen LogP contribution >= 0.6 is 0 Å². The van der Waals surface area contributed by atoms with Crippen LogP contribution in [0.3, 0.4) is 0 Å². The Balaban J connectivity index is 0. The minimum atomic E-state index is -0.562. The standard InChI is InChI=1S/2C6H12O2/c1-6(2-4-7)3-5-8;1-2-3-4-6(8)5-7/h2,7-8H,3-5H2,1H3;2,6-8H,1,3-5H2. The average Bonchev–Trinajstić information content (AvgIpc) is 2.27. The number of hydrogen-bond donors (Lipinski definition) is 4. The topological polar surface area (TPSA) is 80.9 Å². The van der Waals surface area contributed by atoms with Crippen LogP contribution in [0.15, 0.2) is 24.3 Å². The SMILES string of the molecule is C=CCCC(O)CO.CC(=CCO)CCO. The average molecular weight is 232 g/mol. The monoisotopic (exact) mass is 232 g/mol. The second-order valence-electron chi connectivity index (χ2n) is 3.41. The number of hydrogen-bond acceptors (Lipinski definition) is 4. The van der Waals surface area contributed by atoms with Crippen molar-refractivity contribution in [2.45, 2.75) is 32.3 Å². The fraction of sp³-hybridized carbons (Fsp3) is 0.667. The van der Waals surface area contributed by atoms with E-state index in [2.05, 4.69) is 6.58 Å². The molecule has 4 heteroatoms. The van der Waals surface area contributed by atoms with Crippen LogP contribution in [0.2, 0.25) is 0 Å². The van der Waals surface area contributed by atoms with Gasteiger partial charge in [0.05, 0.1) is 19.3 Å². The molecule has 96 valence electrons.